The maximum atomic E-state index is 12.8. The van der Waals surface area contributed by atoms with Crippen LogP contribution in [-0.4, -0.2) is 89.0 Å². The van der Waals surface area contributed by atoms with Crippen LogP contribution in [0, 0.1) is 10.8 Å². The Morgan fingerprint density at radius 1 is 0.829 bits per heavy atom. The zero-order valence-electron chi connectivity index (χ0n) is 20.2. The van der Waals surface area contributed by atoms with Crippen LogP contribution >= 0.6 is 11.6 Å². The maximum absolute atomic E-state index is 12.8. The number of hydrogen-bond acceptors (Lipinski definition) is 5. The van der Waals surface area contributed by atoms with E-state index < -0.39 is 43.6 Å². The molecule has 2 saturated heterocycles. The monoisotopic (exact) mass is 560 g/mol. The second-order valence-electron chi connectivity index (χ2n) is 8.55. The van der Waals surface area contributed by atoms with Crippen molar-refractivity contribution < 1.29 is 63.6 Å². The van der Waals surface area contributed by atoms with E-state index >= 15 is 0 Å². The molecule has 2 fully saturated rings. The lowest BCUT2D eigenvalue weighted by molar-refractivity contribution is -0.342. The van der Waals surface area contributed by atoms with Crippen molar-refractivity contribution >= 4 is 11.6 Å². The zero-order chi connectivity index (χ0) is 28.2. The number of halogens is 10. The van der Waals surface area contributed by atoms with Gasteiger partial charge >= 0.3 is 24.1 Å². The minimum atomic E-state index is -5.75. The van der Waals surface area contributed by atoms with Gasteiger partial charge in [0.1, 0.15) is 0 Å². The van der Waals surface area contributed by atoms with Gasteiger partial charge < -0.3 is 19.3 Å². The van der Waals surface area contributed by atoms with Gasteiger partial charge in [-0.2, -0.15) is 26.3 Å². The van der Waals surface area contributed by atoms with Crippen LogP contribution in [0.2, 0.25) is 0 Å². The second kappa shape index (κ2) is 15.0. The Bertz CT molecular complexity index is 564. The highest BCUT2D eigenvalue weighted by Crippen LogP contribution is 2.48. The third kappa shape index (κ3) is 12.5. The molecule has 0 atom stereocenters. The summed E-state index contributed by atoms with van der Waals surface area (Å²) >= 11 is 5.56. The van der Waals surface area contributed by atoms with E-state index in [1.807, 2.05) is 0 Å². The van der Waals surface area contributed by atoms with Gasteiger partial charge in [0.25, 0.3) is 0 Å². The molecular formula is C20H34ClF9O5. The van der Waals surface area contributed by atoms with E-state index in [1.54, 1.807) is 7.11 Å². The summed E-state index contributed by atoms with van der Waals surface area (Å²) in [5, 5.41) is 7.00. The number of hydrogen-bond donors (Lipinski definition) is 1. The van der Waals surface area contributed by atoms with E-state index in [0.717, 1.165) is 46.0 Å². The van der Waals surface area contributed by atoms with E-state index in [0.29, 0.717) is 17.8 Å². The van der Waals surface area contributed by atoms with Crippen molar-refractivity contribution in [3.63, 3.8) is 0 Å². The maximum Gasteiger partial charge on any atom is 0.522 e. The zero-order valence-corrected chi connectivity index (χ0v) is 21.0. The van der Waals surface area contributed by atoms with Crippen LogP contribution in [0.3, 0.4) is 0 Å². The third-order valence-electron chi connectivity index (χ3n) is 4.66. The van der Waals surface area contributed by atoms with Crippen LogP contribution in [-0.2, 0) is 18.9 Å². The molecular weight excluding hydrogens is 527 g/mol. The lowest BCUT2D eigenvalue weighted by Gasteiger charge is -2.37. The SMILES string of the molecule is CC1(CCl)COC1.CCC(F)(F)C(F)(F)C(F)(F)CCOC(F)(F)F.CO.COCC1(C)COC1. The molecule has 1 N–H and O–H groups in total. The average molecular weight is 561 g/mol. The summed E-state index contributed by atoms with van der Waals surface area (Å²) in [4.78, 5) is 0. The van der Waals surface area contributed by atoms with Gasteiger partial charge in [0, 0.05) is 43.8 Å². The quantitative estimate of drug-likeness (QED) is 0.287. The minimum absolute atomic E-state index is 0.307. The van der Waals surface area contributed by atoms with Gasteiger partial charge in [-0.1, -0.05) is 20.8 Å². The first-order valence-electron chi connectivity index (χ1n) is 10.3. The molecule has 2 aliphatic heterocycles. The molecule has 214 valence electrons. The Hall–Kier alpha value is -0.540. The Labute approximate surface area is 204 Å². The molecule has 2 aliphatic rings. The normalized spacial score (nSPS) is 18.9. The molecule has 2 rings (SSSR count). The number of methoxy groups -OCH3 is 1. The predicted octanol–water partition coefficient (Wildman–Crippen LogP) is 5.77. The molecule has 0 aromatic heterocycles. The van der Waals surface area contributed by atoms with Crippen molar-refractivity contribution in [2.45, 2.75) is 57.7 Å². The molecule has 0 unspecified atom stereocenters. The van der Waals surface area contributed by atoms with Gasteiger partial charge in [-0.3, -0.25) is 4.74 Å². The highest BCUT2D eigenvalue weighted by molar-refractivity contribution is 6.18. The van der Waals surface area contributed by atoms with Crippen LogP contribution in [0.5, 0.6) is 0 Å². The van der Waals surface area contributed by atoms with E-state index in [-0.39, 0.29) is 0 Å². The molecule has 2 heterocycles. The molecule has 35 heavy (non-hydrogen) atoms. The topological polar surface area (TPSA) is 57.2 Å². The highest BCUT2D eigenvalue weighted by atomic mass is 35.5. The van der Waals surface area contributed by atoms with Crippen molar-refractivity contribution in [2.75, 3.05) is 59.7 Å². The van der Waals surface area contributed by atoms with Crippen molar-refractivity contribution in [1.82, 2.24) is 0 Å². The third-order valence-corrected chi connectivity index (χ3v) is 5.31. The first-order chi connectivity index (χ1) is 15.8. The summed E-state index contributed by atoms with van der Waals surface area (Å²) < 4.78 is 128. The number of aliphatic hydroxyl groups is 1. The molecule has 0 amide bonds. The fourth-order valence-electron chi connectivity index (χ4n) is 2.35. The van der Waals surface area contributed by atoms with Crippen LogP contribution < -0.4 is 0 Å². The number of rotatable bonds is 9. The van der Waals surface area contributed by atoms with Gasteiger partial charge in [-0.05, 0) is 0 Å². The van der Waals surface area contributed by atoms with Crippen LogP contribution in [0.1, 0.15) is 33.6 Å². The predicted molar refractivity (Wildman–Crippen MR) is 110 cm³/mol. The Morgan fingerprint density at radius 2 is 1.26 bits per heavy atom. The summed E-state index contributed by atoms with van der Waals surface area (Å²) in [7, 11) is 2.73. The smallest absolute Gasteiger partial charge is 0.400 e. The lowest BCUT2D eigenvalue weighted by atomic mass is 9.90. The van der Waals surface area contributed by atoms with Gasteiger partial charge in [0.05, 0.1) is 39.6 Å². The Kier molecular flexibility index (Phi) is 15.7. The summed E-state index contributed by atoms with van der Waals surface area (Å²) in [6.45, 7) is 7.24. The lowest BCUT2D eigenvalue weighted by Crippen LogP contribution is -2.54. The largest absolute Gasteiger partial charge is 0.522 e. The van der Waals surface area contributed by atoms with E-state index in [4.69, 9.17) is 30.9 Å². The summed E-state index contributed by atoms with van der Waals surface area (Å²) in [5.74, 6) is -15.3. The first-order valence-corrected chi connectivity index (χ1v) is 10.8. The fourth-order valence-corrected chi connectivity index (χ4v) is 2.51. The number of alkyl halides is 10. The molecule has 0 aromatic carbocycles. The van der Waals surface area contributed by atoms with Gasteiger partial charge in [0.15, 0.2) is 0 Å². The van der Waals surface area contributed by atoms with Gasteiger partial charge in [-0.25, -0.2) is 0 Å². The van der Waals surface area contributed by atoms with Crippen molar-refractivity contribution in [2.24, 2.45) is 10.8 Å². The molecule has 0 aliphatic carbocycles. The molecule has 0 bridgehead atoms. The average Bonchev–Trinajstić information content (AvgIpc) is 2.72. The molecule has 15 heteroatoms. The van der Waals surface area contributed by atoms with Crippen molar-refractivity contribution in [1.29, 1.82) is 0 Å². The van der Waals surface area contributed by atoms with E-state index in [1.165, 1.54) is 0 Å². The first kappa shape index (κ1) is 36.6. The molecule has 0 saturated carbocycles. The molecule has 0 radical (unpaired) electrons. The number of ether oxygens (including phenoxy) is 4. The van der Waals surface area contributed by atoms with E-state index in [2.05, 4.69) is 18.6 Å². The molecule has 0 aromatic rings. The van der Waals surface area contributed by atoms with Crippen LogP contribution in [0.15, 0.2) is 0 Å². The number of aliphatic hydroxyl groups excluding tert-OH is 1. The summed E-state index contributed by atoms with van der Waals surface area (Å²) in [6.07, 6.45) is -9.04. The van der Waals surface area contributed by atoms with E-state index in [9.17, 15) is 39.5 Å². The van der Waals surface area contributed by atoms with Crippen LogP contribution in [0.4, 0.5) is 39.5 Å². The molecule has 5 nitrogen and oxygen atoms in total. The van der Waals surface area contributed by atoms with Crippen molar-refractivity contribution in [3.05, 3.63) is 0 Å². The summed E-state index contributed by atoms with van der Waals surface area (Å²) in [6, 6.07) is 0. The van der Waals surface area contributed by atoms with Gasteiger partial charge in [0.2, 0.25) is 0 Å². The minimum Gasteiger partial charge on any atom is -0.400 e. The Morgan fingerprint density at radius 3 is 1.46 bits per heavy atom. The fraction of sp³-hybridized carbons (Fsp3) is 1.00. The van der Waals surface area contributed by atoms with Crippen LogP contribution in [0.25, 0.3) is 0 Å². The highest BCUT2D eigenvalue weighted by Gasteiger charge is 2.70. The van der Waals surface area contributed by atoms with Crippen molar-refractivity contribution in [3.8, 4) is 0 Å². The summed E-state index contributed by atoms with van der Waals surface area (Å²) in [5.41, 5.74) is 0.635. The van der Waals surface area contributed by atoms with Gasteiger partial charge in [-0.15, -0.1) is 24.8 Å². The standard InChI is InChI=1S/C8H9F9O.C6H12O2.C5H9ClO.CH4O/c1-2-5(9,10)7(13,14)6(11,12)3-4-18-8(15,16)17;1-6(3-7-2)4-8-5-6;1-5(2-6)3-7-4-5;1-2/h2-4H2,1H3;3-5H2,1-2H3;2-4H2,1H3;2H,1H3. The second-order valence-corrected chi connectivity index (χ2v) is 8.82. The Balaban J connectivity index is 0. The molecule has 0 spiro atoms.